The molecule has 1 aliphatic rings. The monoisotopic (exact) mass is 302 g/mol. The number of anilines is 1. The molecule has 0 aromatic heterocycles. The second-order valence-corrected chi connectivity index (χ2v) is 4.97. The van der Waals surface area contributed by atoms with Crippen molar-refractivity contribution in [1.29, 1.82) is 0 Å². The zero-order valence-corrected chi connectivity index (χ0v) is 12.3. The van der Waals surface area contributed by atoms with Gasteiger partial charge in [0.25, 0.3) is 11.8 Å². The molecule has 6 nitrogen and oxygen atoms in total. The van der Waals surface area contributed by atoms with Crippen LogP contribution in [0.2, 0.25) is 0 Å². The van der Waals surface area contributed by atoms with E-state index in [9.17, 15) is 9.59 Å². The summed E-state index contributed by atoms with van der Waals surface area (Å²) in [6.45, 7) is 5.82. The number of β-amino-alcohol motifs (C(OH)–C–C–N with tert-alkyl or cyclic N) is 1. The lowest BCUT2D eigenvalue weighted by molar-refractivity contribution is -0.137. The Balaban J connectivity index is 1.99. The maximum atomic E-state index is 12.0. The van der Waals surface area contributed by atoms with E-state index in [0.29, 0.717) is 18.0 Å². The first-order valence-corrected chi connectivity index (χ1v) is 6.84. The third-order valence-electron chi connectivity index (χ3n) is 2.95. The number of amides is 2. The molecule has 2 amide bonds. The van der Waals surface area contributed by atoms with Gasteiger partial charge in [-0.1, -0.05) is 6.58 Å². The number of imide groups is 1. The van der Waals surface area contributed by atoms with Gasteiger partial charge in [0.2, 0.25) is 0 Å². The fourth-order valence-corrected chi connectivity index (χ4v) is 1.91. The van der Waals surface area contributed by atoms with Crippen molar-refractivity contribution in [3.63, 3.8) is 0 Å². The van der Waals surface area contributed by atoms with Gasteiger partial charge < -0.3 is 15.2 Å². The Morgan fingerprint density at radius 2 is 2.00 bits per heavy atom. The van der Waals surface area contributed by atoms with Crippen molar-refractivity contribution in [3.05, 3.63) is 48.2 Å². The second-order valence-electron chi connectivity index (χ2n) is 4.97. The molecule has 1 heterocycles. The molecule has 0 atom stereocenters. The highest BCUT2D eigenvalue weighted by atomic mass is 16.5. The van der Waals surface area contributed by atoms with Crippen LogP contribution in [-0.2, 0) is 9.59 Å². The summed E-state index contributed by atoms with van der Waals surface area (Å²) in [6, 6.07) is 7.03. The number of rotatable bonds is 7. The summed E-state index contributed by atoms with van der Waals surface area (Å²) in [5, 5.41) is 11.7. The van der Waals surface area contributed by atoms with Gasteiger partial charge in [0.1, 0.15) is 18.1 Å². The van der Waals surface area contributed by atoms with Crippen molar-refractivity contribution in [3.8, 4) is 5.75 Å². The Labute approximate surface area is 128 Å². The summed E-state index contributed by atoms with van der Waals surface area (Å²) < 4.78 is 5.48. The van der Waals surface area contributed by atoms with E-state index in [1.165, 1.54) is 6.08 Å². The van der Waals surface area contributed by atoms with Crippen LogP contribution < -0.4 is 10.1 Å². The normalized spacial score (nSPS) is 14.1. The molecule has 0 aliphatic carbocycles. The first-order valence-electron chi connectivity index (χ1n) is 6.84. The molecule has 2 N–H and O–H groups in total. The average molecular weight is 302 g/mol. The van der Waals surface area contributed by atoms with Crippen molar-refractivity contribution in [2.45, 2.75) is 6.92 Å². The van der Waals surface area contributed by atoms with Gasteiger partial charge in [0, 0.05) is 11.8 Å². The van der Waals surface area contributed by atoms with Gasteiger partial charge in [-0.3, -0.25) is 14.5 Å². The first kappa shape index (κ1) is 15.8. The molecular weight excluding hydrogens is 284 g/mol. The van der Waals surface area contributed by atoms with E-state index >= 15 is 0 Å². The van der Waals surface area contributed by atoms with Crippen molar-refractivity contribution >= 4 is 17.5 Å². The smallest absolute Gasteiger partial charge is 0.277 e. The van der Waals surface area contributed by atoms with Crippen molar-refractivity contribution in [2.75, 3.05) is 25.1 Å². The number of aliphatic hydroxyl groups is 1. The molecule has 0 bridgehead atoms. The predicted octanol–water partition coefficient (Wildman–Crippen LogP) is 1.30. The van der Waals surface area contributed by atoms with Crippen LogP contribution in [0.3, 0.4) is 0 Å². The zero-order chi connectivity index (χ0) is 16.1. The largest absolute Gasteiger partial charge is 0.489 e. The van der Waals surface area contributed by atoms with E-state index in [0.717, 1.165) is 10.5 Å². The van der Waals surface area contributed by atoms with E-state index in [1.54, 1.807) is 24.3 Å². The molecule has 116 valence electrons. The van der Waals surface area contributed by atoms with Crippen molar-refractivity contribution < 1.29 is 19.4 Å². The summed E-state index contributed by atoms with van der Waals surface area (Å²) in [5.74, 6) is -0.178. The van der Waals surface area contributed by atoms with Gasteiger partial charge in [-0.05, 0) is 36.8 Å². The lowest BCUT2D eigenvalue weighted by atomic mass is 10.3. The summed E-state index contributed by atoms with van der Waals surface area (Å²) in [7, 11) is 0. The van der Waals surface area contributed by atoms with Gasteiger partial charge in [-0.15, -0.1) is 0 Å². The fourth-order valence-electron chi connectivity index (χ4n) is 1.91. The van der Waals surface area contributed by atoms with Crippen LogP contribution in [-0.4, -0.2) is 41.6 Å². The number of carbonyl (C=O) groups excluding carboxylic acids is 2. The van der Waals surface area contributed by atoms with Crippen LogP contribution >= 0.6 is 0 Å². The molecule has 0 saturated carbocycles. The van der Waals surface area contributed by atoms with Crippen LogP contribution in [0.25, 0.3) is 0 Å². The quantitative estimate of drug-likeness (QED) is 0.586. The number of ether oxygens (including phenoxy) is 1. The highest BCUT2D eigenvalue weighted by Crippen LogP contribution is 2.20. The van der Waals surface area contributed by atoms with Crippen molar-refractivity contribution in [2.24, 2.45) is 0 Å². The van der Waals surface area contributed by atoms with Crippen LogP contribution in [0.15, 0.2) is 48.2 Å². The highest BCUT2D eigenvalue weighted by molar-refractivity contribution is 6.17. The van der Waals surface area contributed by atoms with Gasteiger partial charge in [-0.2, -0.15) is 0 Å². The molecule has 0 fully saturated rings. The summed E-state index contributed by atoms with van der Waals surface area (Å²) in [5.41, 5.74) is 1.78. The Bertz CT molecular complexity index is 620. The lowest BCUT2D eigenvalue weighted by Crippen LogP contribution is -2.34. The third kappa shape index (κ3) is 3.73. The minimum atomic E-state index is -0.443. The van der Waals surface area contributed by atoms with E-state index in [4.69, 9.17) is 9.84 Å². The molecule has 0 radical (unpaired) electrons. The molecule has 0 unspecified atom stereocenters. The SMILES string of the molecule is C=C(C)COc1ccc(NC2=CC(=O)N(CCO)C2=O)cc1. The minimum absolute atomic E-state index is 0.00692. The van der Waals surface area contributed by atoms with E-state index in [1.807, 2.05) is 6.92 Å². The van der Waals surface area contributed by atoms with Gasteiger partial charge in [0.05, 0.1) is 13.2 Å². The number of nitrogens with zero attached hydrogens (tertiary/aromatic N) is 1. The number of hydrogen-bond donors (Lipinski definition) is 2. The van der Waals surface area contributed by atoms with Gasteiger partial charge in [-0.25, -0.2) is 0 Å². The Hall–Kier alpha value is -2.60. The Kier molecular flexibility index (Phi) is 4.95. The Morgan fingerprint density at radius 3 is 2.59 bits per heavy atom. The van der Waals surface area contributed by atoms with Crippen LogP contribution in [0, 0.1) is 0 Å². The molecule has 1 aromatic rings. The summed E-state index contributed by atoms with van der Waals surface area (Å²) in [6.07, 6.45) is 1.23. The van der Waals surface area contributed by atoms with Gasteiger partial charge >= 0.3 is 0 Å². The molecular formula is C16H18N2O4. The molecule has 1 aliphatic heterocycles. The highest BCUT2D eigenvalue weighted by Gasteiger charge is 2.30. The van der Waals surface area contributed by atoms with E-state index in [2.05, 4.69) is 11.9 Å². The number of carbonyl (C=O) groups is 2. The molecule has 22 heavy (non-hydrogen) atoms. The number of aliphatic hydroxyl groups excluding tert-OH is 1. The predicted molar refractivity (Wildman–Crippen MR) is 82.3 cm³/mol. The molecule has 0 saturated heterocycles. The topological polar surface area (TPSA) is 78.9 Å². The summed E-state index contributed by atoms with van der Waals surface area (Å²) in [4.78, 5) is 24.6. The average Bonchev–Trinajstić information content (AvgIpc) is 2.74. The second kappa shape index (κ2) is 6.91. The number of hydrogen-bond acceptors (Lipinski definition) is 5. The van der Waals surface area contributed by atoms with Crippen LogP contribution in [0.5, 0.6) is 5.75 Å². The maximum Gasteiger partial charge on any atom is 0.277 e. The fraction of sp³-hybridized carbons (Fsp3) is 0.250. The van der Waals surface area contributed by atoms with Crippen molar-refractivity contribution in [1.82, 2.24) is 4.90 Å². The molecule has 1 aromatic carbocycles. The van der Waals surface area contributed by atoms with E-state index in [-0.39, 0.29) is 18.8 Å². The Morgan fingerprint density at radius 1 is 1.32 bits per heavy atom. The van der Waals surface area contributed by atoms with Crippen LogP contribution in [0.4, 0.5) is 5.69 Å². The lowest BCUT2D eigenvalue weighted by Gasteiger charge is -2.13. The molecule has 6 heteroatoms. The maximum absolute atomic E-state index is 12.0. The number of benzene rings is 1. The molecule has 0 spiro atoms. The third-order valence-corrected chi connectivity index (χ3v) is 2.95. The standard InChI is InChI=1S/C16H18N2O4/c1-11(2)10-22-13-5-3-12(4-6-13)17-14-9-15(20)18(7-8-19)16(14)21/h3-6,9,17,19H,1,7-8,10H2,2H3. The van der Waals surface area contributed by atoms with E-state index < -0.39 is 11.8 Å². The molecule has 2 rings (SSSR count). The number of nitrogens with one attached hydrogen (secondary N) is 1. The van der Waals surface area contributed by atoms with Gasteiger partial charge in [0.15, 0.2) is 0 Å². The zero-order valence-electron chi connectivity index (χ0n) is 12.3. The summed E-state index contributed by atoms with van der Waals surface area (Å²) >= 11 is 0. The minimum Gasteiger partial charge on any atom is -0.489 e. The van der Waals surface area contributed by atoms with Crippen LogP contribution in [0.1, 0.15) is 6.92 Å². The first-order chi connectivity index (χ1) is 10.5.